The topological polar surface area (TPSA) is 17.0 Å². The van der Waals surface area contributed by atoms with Crippen molar-refractivity contribution >= 4 is 0 Å². The normalized spacial score (nSPS) is 10.4. The Bertz CT molecular complexity index is 238. The van der Waals surface area contributed by atoms with Gasteiger partial charge in [-0.05, 0) is 18.6 Å². The molecule has 0 atom stereocenters. The Hall–Kier alpha value is -0.790. The van der Waals surface area contributed by atoms with Gasteiger partial charge in [0.15, 0.2) is 12.3 Å². The van der Waals surface area contributed by atoms with Gasteiger partial charge in [0, 0.05) is 13.8 Å². The van der Waals surface area contributed by atoms with Gasteiger partial charge in [0.05, 0.1) is 5.56 Å². The Kier molecular flexibility index (Phi) is 1.79. The average molecular weight is 140 g/mol. The quantitative estimate of drug-likeness (QED) is 0.540. The molecule has 0 bridgehead atoms. The van der Waals surface area contributed by atoms with Crippen LogP contribution in [0.1, 0.15) is 23.9 Å². The summed E-state index contributed by atoms with van der Waals surface area (Å²) in [5.41, 5.74) is 2.50. The van der Waals surface area contributed by atoms with Crippen LogP contribution in [0.4, 0.5) is 0 Å². The summed E-state index contributed by atoms with van der Waals surface area (Å²) in [5, 5.41) is 0. The zero-order valence-electron chi connectivity index (χ0n) is 7.06. The van der Waals surface area contributed by atoms with E-state index in [2.05, 4.69) is 20.8 Å². The highest BCUT2D eigenvalue weighted by Gasteiger charge is 2.15. The van der Waals surface area contributed by atoms with Gasteiger partial charge in [-0.15, -0.1) is 0 Å². The van der Waals surface area contributed by atoms with E-state index in [1.165, 1.54) is 11.3 Å². The van der Waals surface area contributed by atoms with Crippen molar-refractivity contribution in [3.05, 3.63) is 17.0 Å². The first kappa shape index (κ1) is 7.32. The zero-order chi connectivity index (χ0) is 7.72. The molecule has 2 nitrogen and oxygen atoms in total. The molecule has 0 spiro atoms. The van der Waals surface area contributed by atoms with Crippen molar-refractivity contribution < 1.29 is 9.26 Å². The smallest absolute Gasteiger partial charge is 0.231 e. The molecule has 0 radical (unpaired) electrons. The van der Waals surface area contributed by atoms with Gasteiger partial charge < -0.3 is 0 Å². The first-order valence-electron chi connectivity index (χ1n) is 3.63. The van der Waals surface area contributed by atoms with Crippen LogP contribution in [0.2, 0.25) is 0 Å². The Morgan fingerprint density at radius 2 is 1.90 bits per heavy atom. The third-order valence-electron chi connectivity index (χ3n) is 1.98. The lowest BCUT2D eigenvalue weighted by Crippen LogP contribution is -2.32. The third kappa shape index (κ3) is 0.939. The van der Waals surface area contributed by atoms with Crippen LogP contribution in [0.25, 0.3) is 0 Å². The second-order valence-electron chi connectivity index (χ2n) is 2.55. The summed E-state index contributed by atoms with van der Waals surface area (Å²) >= 11 is 0. The van der Waals surface area contributed by atoms with Crippen molar-refractivity contribution in [2.45, 2.75) is 34.2 Å². The van der Waals surface area contributed by atoms with Gasteiger partial charge in [0.1, 0.15) is 0 Å². The lowest BCUT2D eigenvalue weighted by molar-refractivity contribution is -0.866. The molecule has 56 valence electrons. The second kappa shape index (κ2) is 2.45. The molecule has 0 saturated heterocycles. The van der Waals surface area contributed by atoms with Crippen molar-refractivity contribution in [2.24, 2.45) is 0 Å². The van der Waals surface area contributed by atoms with Crippen LogP contribution in [0.15, 0.2) is 4.52 Å². The number of nitrogens with zero attached hydrogens (tertiary/aromatic N) is 1. The molecule has 0 aliphatic rings. The number of aromatic nitrogens is 1. The maximum atomic E-state index is 5.41. The minimum Gasteiger partial charge on any atom is -0.241 e. The van der Waals surface area contributed by atoms with Gasteiger partial charge in [-0.1, -0.05) is 0 Å². The molecule has 1 heterocycles. The van der Waals surface area contributed by atoms with Gasteiger partial charge in [-0.25, -0.2) is 4.52 Å². The SMILES string of the molecule is CC[n+]1oc(C)c(C)c1C. The molecule has 0 aliphatic heterocycles. The van der Waals surface area contributed by atoms with Crippen LogP contribution < -0.4 is 4.74 Å². The number of aryl methyl sites for hydroxylation is 2. The molecule has 0 aromatic carbocycles. The van der Waals surface area contributed by atoms with Gasteiger partial charge in [-0.2, -0.15) is 0 Å². The van der Waals surface area contributed by atoms with Crippen LogP contribution >= 0.6 is 0 Å². The van der Waals surface area contributed by atoms with E-state index in [9.17, 15) is 0 Å². The van der Waals surface area contributed by atoms with Gasteiger partial charge in [0.25, 0.3) is 0 Å². The summed E-state index contributed by atoms with van der Waals surface area (Å²) in [6, 6.07) is 0. The monoisotopic (exact) mass is 140 g/mol. The van der Waals surface area contributed by atoms with Crippen molar-refractivity contribution in [1.29, 1.82) is 0 Å². The maximum absolute atomic E-state index is 5.41. The molecule has 1 aromatic rings. The number of hydrogen-bond acceptors (Lipinski definition) is 1. The van der Waals surface area contributed by atoms with Crippen molar-refractivity contribution in [3.63, 3.8) is 0 Å². The zero-order valence-corrected chi connectivity index (χ0v) is 7.06. The van der Waals surface area contributed by atoms with Crippen molar-refractivity contribution in [3.8, 4) is 0 Å². The van der Waals surface area contributed by atoms with E-state index >= 15 is 0 Å². The van der Waals surface area contributed by atoms with E-state index in [4.69, 9.17) is 4.52 Å². The van der Waals surface area contributed by atoms with E-state index in [0.29, 0.717) is 0 Å². The maximum Gasteiger partial charge on any atom is 0.231 e. The fourth-order valence-corrected chi connectivity index (χ4v) is 1.05. The molecule has 10 heavy (non-hydrogen) atoms. The summed E-state index contributed by atoms with van der Waals surface area (Å²) in [6.45, 7) is 9.15. The molecule has 0 fully saturated rings. The first-order valence-corrected chi connectivity index (χ1v) is 3.63. The van der Waals surface area contributed by atoms with E-state index in [0.717, 1.165) is 12.3 Å². The summed E-state index contributed by atoms with van der Waals surface area (Å²) in [4.78, 5) is 0. The molecular weight excluding hydrogens is 126 g/mol. The Morgan fingerprint density at radius 1 is 1.30 bits per heavy atom. The molecule has 1 rings (SSSR count). The highest BCUT2D eigenvalue weighted by Crippen LogP contribution is 2.07. The van der Waals surface area contributed by atoms with Crippen LogP contribution in [0.5, 0.6) is 0 Å². The van der Waals surface area contributed by atoms with E-state index in [1.54, 1.807) is 0 Å². The first-order chi connectivity index (χ1) is 4.66. The van der Waals surface area contributed by atoms with E-state index in [-0.39, 0.29) is 0 Å². The summed E-state index contributed by atoms with van der Waals surface area (Å²) in [5.74, 6) is 1.03. The van der Waals surface area contributed by atoms with Crippen LogP contribution in [0.3, 0.4) is 0 Å². The Balaban J connectivity index is 3.17. The van der Waals surface area contributed by atoms with Crippen molar-refractivity contribution in [1.82, 2.24) is 0 Å². The van der Waals surface area contributed by atoms with Gasteiger partial charge in [-0.3, -0.25) is 0 Å². The van der Waals surface area contributed by atoms with Gasteiger partial charge >= 0.3 is 0 Å². The standard InChI is InChI=1S/C8H14NO/c1-5-9-7(3)6(2)8(4)10-9/h5H2,1-4H3/q+1. The molecule has 0 N–H and O–H groups in total. The summed E-state index contributed by atoms with van der Waals surface area (Å²) < 4.78 is 7.32. The third-order valence-corrected chi connectivity index (χ3v) is 1.98. The van der Waals surface area contributed by atoms with Crippen LogP contribution in [-0.4, -0.2) is 0 Å². The largest absolute Gasteiger partial charge is 0.241 e. The molecular formula is C8H14NO+. The predicted octanol–water partition coefficient (Wildman–Crippen LogP) is 1.51. The van der Waals surface area contributed by atoms with Crippen LogP contribution in [-0.2, 0) is 6.54 Å². The second-order valence-corrected chi connectivity index (χ2v) is 2.55. The lowest BCUT2D eigenvalue weighted by atomic mass is 10.2. The highest BCUT2D eigenvalue weighted by molar-refractivity contribution is 5.14. The molecule has 2 heteroatoms. The van der Waals surface area contributed by atoms with Gasteiger partial charge in [0.2, 0.25) is 5.69 Å². The van der Waals surface area contributed by atoms with Crippen molar-refractivity contribution in [2.75, 3.05) is 0 Å². The Morgan fingerprint density at radius 3 is 2.10 bits per heavy atom. The number of rotatable bonds is 1. The fraction of sp³-hybridized carbons (Fsp3) is 0.625. The minimum atomic E-state index is 0.917. The summed E-state index contributed by atoms with van der Waals surface area (Å²) in [7, 11) is 0. The summed E-state index contributed by atoms with van der Waals surface area (Å²) in [6.07, 6.45) is 0. The van der Waals surface area contributed by atoms with E-state index in [1.807, 2.05) is 11.7 Å². The van der Waals surface area contributed by atoms with Crippen LogP contribution in [0, 0.1) is 20.8 Å². The molecule has 0 amide bonds. The van der Waals surface area contributed by atoms with E-state index < -0.39 is 0 Å². The highest BCUT2D eigenvalue weighted by atomic mass is 16.5. The lowest BCUT2D eigenvalue weighted by Gasteiger charge is -1.81. The minimum absolute atomic E-state index is 0.917. The predicted molar refractivity (Wildman–Crippen MR) is 38.8 cm³/mol. The molecule has 1 aromatic heterocycles. The Labute approximate surface area is 61.4 Å². The molecule has 0 aliphatic carbocycles. The average Bonchev–Trinajstić information content (AvgIpc) is 2.17. The molecule has 0 saturated carbocycles. The number of hydrogen-bond donors (Lipinski definition) is 0. The fourth-order valence-electron chi connectivity index (χ4n) is 1.05. The molecule has 0 unspecified atom stereocenters.